The minimum atomic E-state index is -2.98. The Labute approximate surface area is 117 Å². The number of nitrogens with zero attached hydrogens (tertiary/aromatic N) is 2. The summed E-state index contributed by atoms with van der Waals surface area (Å²) in [6.45, 7) is 4.89. The van der Waals surface area contributed by atoms with Crippen molar-refractivity contribution in [2.45, 2.75) is 20.3 Å². The Morgan fingerprint density at radius 1 is 1.47 bits per heavy atom. The number of sulfone groups is 1. The van der Waals surface area contributed by atoms with Crippen LogP contribution < -0.4 is 0 Å². The molecule has 1 atom stereocenters. The number of carbonyl (C=O) groups excluding carboxylic acids is 1. The summed E-state index contributed by atoms with van der Waals surface area (Å²) < 4.78 is 26.8. The average molecular weight is 302 g/mol. The van der Waals surface area contributed by atoms with Gasteiger partial charge in [0.25, 0.3) is 5.91 Å². The zero-order valence-electron chi connectivity index (χ0n) is 11.3. The Morgan fingerprint density at radius 3 is 2.68 bits per heavy atom. The molecule has 106 valence electrons. The molecule has 0 N–H and O–H groups in total. The van der Waals surface area contributed by atoms with Gasteiger partial charge in [-0.3, -0.25) is 4.79 Å². The standard InChI is InChI=1S/C12H18N2O3S2/c1-8-11(9(2)18-13-8)12(15)14-5-4-10(6-14)7-19(3,16)17/h10H,4-7H2,1-3H3. The molecule has 1 saturated heterocycles. The van der Waals surface area contributed by atoms with Crippen LogP contribution in [0.3, 0.4) is 0 Å². The minimum absolute atomic E-state index is 0.0141. The summed E-state index contributed by atoms with van der Waals surface area (Å²) in [5, 5.41) is 0. The van der Waals surface area contributed by atoms with E-state index in [4.69, 9.17) is 0 Å². The van der Waals surface area contributed by atoms with Crippen LogP contribution in [0.5, 0.6) is 0 Å². The van der Waals surface area contributed by atoms with Crippen LogP contribution in [0.4, 0.5) is 0 Å². The molecule has 1 amide bonds. The summed E-state index contributed by atoms with van der Waals surface area (Å²) >= 11 is 1.34. The van der Waals surface area contributed by atoms with Gasteiger partial charge in [0.2, 0.25) is 0 Å². The highest BCUT2D eigenvalue weighted by Crippen LogP contribution is 2.24. The molecule has 1 unspecified atom stereocenters. The van der Waals surface area contributed by atoms with Crippen LogP contribution >= 0.6 is 11.5 Å². The van der Waals surface area contributed by atoms with Crippen LogP contribution in [0.2, 0.25) is 0 Å². The summed E-state index contributed by atoms with van der Waals surface area (Å²) in [6, 6.07) is 0. The van der Waals surface area contributed by atoms with Crippen molar-refractivity contribution in [3.63, 3.8) is 0 Å². The highest BCUT2D eigenvalue weighted by Gasteiger charge is 2.30. The molecule has 7 heteroatoms. The predicted octanol–water partition coefficient (Wildman–Crippen LogP) is 1.27. The monoisotopic (exact) mass is 302 g/mol. The summed E-state index contributed by atoms with van der Waals surface area (Å²) in [5.41, 5.74) is 1.45. The van der Waals surface area contributed by atoms with Crippen LogP contribution in [0, 0.1) is 19.8 Å². The second-order valence-electron chi connectivity index (χ2n) is 5.20. The molecule has 0 aliphatic carbocycles. The Hall–Kier alpha value is -0.950. The highest BCUT2D eigenvalue weighted by atomic mass is 32.2. The second kappa shape index (κ2) is 5.20. The molecule has 2 heterocycles. The van der Waals surface area contributed by atoms with Crippen molar-refractivity contribution < 1.29 is 13.2 Å². The lowest BCUT2D eigenvalue weighted by Crippen LogP contribution is -2.30. The molecule has 0 aromatic carbocycles. The lowest BCUT2D eigenvalue weighted by atomic mass is 10.1. The van der Waals surface area contributed by atoms with Crippen LogP contribution in [0.15, 0.2) is 0 Å². The van der Waals surface area contributed by atoms with Gasteiger partial charge in [-0.2, -0.15) is 4.37 Å². The van der Waals surface area contributed by atoms with Crippen molar-refractivity contribution in [2.24, 2.45) is 5.92 Å². The lowest BCUT2D eigenvalue weighted by Gasteiger charge is -2.16. The molecule has 19 heavy (non-hydrogen) atoms. The van der Waals surface area contributed by atoms with E-state index in [-0.39, 0.29) is 17.6 Å². The molecule has 0 radical (unpaired) electrons. The number of amides is 1. The number of hydrogen-bond acceptors (Lipinski definition) is 5. The van der Waals surface area contributed by atoms with Crippen LogP contribution in [-0.2, 0) is 9.84 Å². The van der Waals surface area contributed by atoms with Gasteiger partial charge < -0.3 is 4.90 Å². The number of aromatic nitrogens is 1. The first-order chi connectivity index (χ1) is 8.78. The van der Waals surface area contributed by atoms with E-state index in [0.29, 0.717) is 18.7 Å². The summed E-state index contributed by atoms with van der Waals surface area (Å²) in [4.78, 5) is 15.1. The van der Waals surface area contributed by atoms with Crippen molar-refractivity contribution >= 4 is 27.3 Å². The van der Waals surface area contributed by atoms with Crippen LogP contribution in [0.25, 0.3) is 0 Å². The molecule has 5 nitrogen and oxygen atoms in total. The fraction of sp³-hybridized carbons (Fsp3) is 0.667. The molecule has 1 aromatic heterocycles. The highest BCUT2D eigenvalue weighted by molar-refractivity contribution is 7.90. The Balaban J connectivity index is 2.07. The molecule has 0 bridgehead atoms. The second-order valence-corrected chi connectivity index (χ2v) is 8.36. The molecule has 0 spiro atoms. The van der Waals surface area contributed by atoms with Gasteiger partial charge in [-0.25, -0.2) is 8.42 Å². The number of likely N-dealkylation sites (tertiary alicyclic amines) is 1. The molecule has 2 rings (SSSR count). The van der Waals surface area contributed by atoms with E-state index < -0.39 is 9.84 Å². The molecule has 0 saturated carbocycles. The first-order valence-electron chi connectivity index (χ1n) is 6.18. The fourth-order valence-electron chi connectivity index (χ4n) is 2.53. The third-order valence-corrected chi connectivity index (χ3v) is 5.28. The summed E-state index contributed by atoms with van der Waals surface area (Å²) in [7, 11) is -2.98. The first-order valence-corrected chi connectivity index (χ1v) is 9.01. The van der Waals surface area contributed by atoms with E-state index in [2.05, 4.69) is 4.37 Å². The van der Waals surface area contributed by atoms with E-state index in [1.165, 1.54) is 17.8 Å². The van der Waals surface area contributed by atoms with E-state index in [9.17, 15) is 13.2 Å². The van der Waals surface area contributed by atoms with E-state index >= 15 is 0 Å². The van der Waals surface area contributed by atoms with Crippen molar-refractivity contribution in [1.82, 2.24) is 9.27 Å². The summed E-state index contributed by atoms with van der Waals surface area (Å²) in [6.07, 6.45) is 2.00. The largest absolute Gasteiger partial charge is 0.338 e. The maximum Gasteiger partial charge on any atom is 0.256 e. The number of hydrogen-bond donors (Lipinski definition) is 0. The van der Waals surface area contributed by atoms with Crippen LogP contribution in [-0.4, -0.2) is 48.7 Å². The maximum atomic E-state index is 12.4. The third kappa shape index (κ3) is 3.33. The van der Waals surface area contributed by atoms with Gasteiger partial charge in [0.1, 0.15) is 9.84 Å². The normalized spacial score (nSPS) is 19.9. The smallest absolute Gasteiger partial charge is 0.256 e. The van der Waals surface area contributed by atoms with Gasteiger partial charge in [0.15, 0.2) is 0 Å². The maximum absolute atomic E-state index is 12.4. The third-order valence-electron chi connectivity index (χ3n) is 3.36. The van der Waals surface area contributed by atoms with E-state index in [0.717, 1.165) is 17.0 Å². The van der Waals surface area contributed by atoms with Gasteiger partial charge in [0, 0.05) is 24.2 Å². The molecule has 1 aliphatic rings. The van der Waals surface area contributed by atoms with E-state index in [1.807, 2.05) is 13.8 Å². The van der Waals surface area contributed by atoms with Crippen molar-refractivity contribution in [2.75, 3.05) is 25.1 Å². The number of aryl methyl sites for hydroxylation is 2. The Morgan fingerprint density at radius 2 is 2.16 bits per heavy atom. The summed E-state index contributed by atoms with van der Waals surface area (Å²) in [5.74, 6) is 0.210. The van der Waals surface area contributed by atoms with Crippen molar-refractivity contribution in [1.29, 1.82) is 0 Å². The van der Waals surface area contributed by atoms with E-state index in [1.54, 1.807) is 4.90 Å². The molecule has 1 aromatic rings. The minimum Gasteiger partial charge on any atom is -0.338 e. The quantitative estimate of drug-likeness (QED) is 0.843. The topological polar surface area (TPSA) is 67.3 Å². The predicted molar refractivity (Wildman–Crippen MR) is 75.3 cm³/mol. The average Bonchev–Trinajstić information content (AvgIpc) is 2.84. The zero-order chi connectivity index (χ0) is 14.2. The number of rotatable bonds is 3. The fourth-order valence-corrected chi connectivity index (χ4v) is 4.35. The lowest BCUT2D eigenvalue weighted by molar-refractivity contribution is 0.0787. The van der Waals surface area contributed by atoms with Crippen molar-refractivity contribution in [3.8, 4) is 0 Å². The Kier molecular flexibility index (Phi) is 3.96. The zero-order valence-corrected chi connectivity index (χ0v) is 13.0. The van der Waals surface area contributed by atoms with Gasteiger partial charge in [-0.05, 0) is 37.7 Å². The first kappa shape index (κ1) is 14.5. The molecular formula is C12H18N2O3S2. The molecule has 1 fully saturated rings. The van der Waals surface area contributed by atoms with Gasteiger partial charge in [-0.1, -0.05) is 0 Å². The molecular weight excluding hydrogens is 284 g/mol. The van der Waals surface area contributed by atoms with Gasteiger partial charge >= 0.3 is 0 Å². The van der Waals surface area contributed by atoms with Gasteiger partial charge in [-0.15, -0.1) is 0 Å². The van der Waals surface area contributed by atoms with Crippen molar-refractivity contribution in [3.05, 3.63) is 16.1 Å². The van der Waals surface area contributed by atoms with Gasteiger partial charge in [0.05, 0.1) is 17.0 Å². The van der Waals surface area contributed by atoms with Crippen LogP contribution in [0.1, 0.15) is 27.3 Å². The molecule has 1 aliphatic heterocycles. The number of carbonyl (C=O) groups is 1. The Bertz CT molecular complexity index is 573. The SMILES string of the molecule is Cc1nsc(C)c1C(=O)N1CCC(CS(C)(=O)=O)C1.